The topological polar surface area (TPSA) is 74.3 Å². The standard InChI is InChI=1S/C20H20ClN3O3S/c21-13-3-5-15(6-4-13)24-18(25)12-16(19(24)26)22-14-7-9-23(10-8-14)20(27)17-2-1-11-28-17/h1-6,11,14,16,22H,7-10,12H2/p+1/t16-/m1/s1. The zero-order valence-corrected chi connectivity index (χ0v) is 16.8. The summed E-state index contributed by atoms with van der Waals surface area (Å²) >= 11 is 7.35. The summed E-state index contributed by atoms with van der Waals surface area (Å²) in [6.45, 7) is 1.35. The number of thiophene rings is 1. The molecule has 0 saturated carbocycles. The summed E-state index contributed by atoms with van der Waals surface area (Å²) in [4.78, 5) is 41.5. The summed E-state index contributed by atoms with van der Waals surface area (Å²) in [5.41, 5.74) is 0.562. The number of likely N-dealkylation sites (tertiary alicyclic amines) is 1. The van der Waals surface area contributed by atoms with Crippen LogP contribution in [0.5, 0.6) is 0 Å². The number of anilines is 1. The number of imide groups is 1. The van der Waals surface area contributed by atoms with Crippen molar-refractivity contribution >= 4 is 46.3 Å². The van der Waals surface area contributed by atoms with E-state index >= 15 is 0 Å². The molecule has 1 aromatic carbocycles. The normalized spacial score (nSPS) is 20.8. The van der Waals surface area contributed by atoms with E-state index in [-0.39, 0.29) is 30.2 Å². The van der Waals surface area contributed by atoms with Gasteiger partial charge in [0, 0.05) is 31.0 Å². The molecule has 2 fully saturated rings. The zero-order chi connectivity index (χ0) is 19.7. The van der Waals surface area contributed by atoms with Crippen LogP contribution in [0.15, 0.2) is 41.8 Å². The largest absolute Gasteiger partial charge is 0.337 e. The molecular formula is C20H21ClN3O3S+. The van der Waals surface area contributed by atoms with Crippen molar-refractivity contribution < 1.29 is 19.7 Å². The van der Waals surface area contributed by atoms with Gasteiger partial charge in [0.2, 0.25) is 5.91 Å². The average Bonchev–Trinajstić information content (AvgIpc) is 3.32. The van der Waals surface area contributed by atoms with E-state index in [2.05, 4.69) is 0 Å². The quantitative estimate of drug-likeness (QED) is 0.770. The van der Waals surface area contributed by atoms with Crippen molar-refractivity contribution in [3.8, 4) is 0 Å². The van der Waals surface area contributed by atoms with Crippen LogP contribution < -0.4 is 10.2 Å². The molecule has 6 nitrogen and oxygen atoms in total. The lowest BCUT2D eigenvalue weighted by Crippen LogP contribution is -2.97. The number of amides is 3. The third-order valence-corrected chi connectivity index (χ3v) is 6.44. The Morgan fingerprint density at radius 1 is 1.11 bits per heavy atom. The number of nitrogens with zero attached hydrogens (tertiary/aromatic N) is 2. The van der Waals surface area contributed by atoms with Crippen LogP contribution in [-0.4, -0.2) is 47.8 Å². The minimum Gasteiger partial charge on any atom is -0.337 e. The number of hydrogen-bond acceptors (Lipinski definition) is 4. The van der Waals surface area contributed by atoms with Crippen molar-refractivity contribution in [2.75, 3.05) is 18.0 Å². The van der Waals surface area contributed by atoms with Crippen molar-refractivity contribution in [1.29, 1.82) is 0 Å². The van der Waals surface area contributed by atoms with Crippen LogP contribution in [0, 0.1) is 0 Å². The molecule has 146 valence electrons. The molecule has 2 aromatic rings. The average molecular weight is 419 g/mol. The summed E-state index contributed by atoms with van der Waals surface area (Å²) in [5.74, 6) is -0.280. The van der Waals surface area contributed by atoms with E-state index < -0.39 is 6.04 Å². The Balaban J connectivity index is 1.34. The van der Waals surface area contributed by atoms with Crippen LogP contribution in [0.2, 0.25) is 5.02 Å². The third-order valence-electron chi connectivity index (χ3n) is 5.33. The molecule has 2 aliphatic rings. The molecule has 0 radical (unpaired) electrons. The van der Waals surface area contributed by atoms with Gasteiger partial charge in [0.05, 0.1) is 23.0 Å². The molecule has 1 aromatic heterocycles. The maximum atomic E-state index is 12.8. The monoisotopic (exact) mass is 418 g/mol. The molecule has 1 atom stereocenters. The number of rotatable bonds is 4. The van der Waals surface area contributed by atoms with E-state index in [0.29, 0.717) is 23.8 Å². The Morgan fingerprint density at radius 3 is 2.46 bits per heavy atom. The van der Waals surface area contributed by atoms with Gasteiger partial charge < -0.3 is 10.2 Å². The number of carbonyl (C=O) groups excluding carboxylic acids is 3. The summed E-state index contributed by atoms with van der Waals surface area (Å²) in [6.07, 6.45) is 1.84. The first-order valence-corrected chi connectivity index (χ1v) is 10.6. The first-order valence-electron chi connectivity index (χ1n) is 9.33. The SMILES string of the molecule is O=C(c1cccs1)N1CCC([NH2+][C@@H]2CC(=O)N(c3ccc(Cl)cc3)C2=O)CC1. The van der Waals surface area contributed by atoms with Crippen LogP contribution in [0.1, 0.15) is 28.9 Å². The van der Waals surface area contributed by atoms with Crippen molar-refractivity contribution in [1.82, 2.24) is 4.90 Å². The maximum absolute atomic E-state index is 12.8. The van der Waals surface area contributed by atoms with Crippen LogP contribution >= 0.6 is 22.9 Å². The first-order chi connectivity index (χ1) is 13.5. The van der Waals surface area contributed by atoms with Gasteiger partial charge in [-0.3, -0.25) is 14.4 Å². The Bertz CT molecular complexity index is 877. The number of quaternary nitrogens is 1. The molecule has 2 aliphatic heterocycles. The summed E-state index contributed by atoms with van der Waals surface area (Å²) < 4.78 is 0. The Morgan fingerprint density at radius 2 is 1.82 bits per heavy atom. The van der Waals surface area contributed by atoms with Gasteiger partial charge in [0.25, 0.3) is 11.8 Å². The van der Waals surface area contributed by atoms with Gasteiger partial charge in [-0.2, -0.15) is 0 Å². The zero-order valence-electron chi connectivity index (χ0n) is 15.2. The Kier molecular flexibility index (Phi) is 5.48. The number of piperidine rings is 1. The van der Waals surface area contributed by atoms with E-state index in [1.165, 1.54) is 16.2 Å². The molecule has 2 saturated heterocycles. The second-order valence-corrected chi connectivity index (χ2v) is 8.54. The molecule has 3 heterocycles. The molecule has 4 rings (SSSR count). The van der Waals surface area contributed by atoms with Crippen molar-refractivity contribution in [3.63, 3.8) is 0 Å². The summed E-state index contributed by atoms with van der Waals surface area (Å²) in [6, 6.07) is 10.3. The molecular weight excluding hydrogens is 398 g/mol. The smallest absolute Gasteiger partial charge is 0.292 e. The van der Waals surface area contributed by atoms with Gasteiger partial charge in [0.15, 0.2) is 6.04 Å². The lowest BCUT2D eigenvalue weighted by Gasteiger charge is -2.31. The predicted octanol–water partition coefficient (Wildman–Crippen LogP) is 1.90. The van der Waals surface area contributed by atoms with E-state index in [0.717, 1.165) is 17.7 Å². The fourth-order valence-corrected chi connectivity index (χ4v) is 4.66. The fraction of sp³-hybridized carbons (Fsp3) is 0.350. The molecule has 0 aliphatic carbocycles. The summed E-state index contributed by atoms with van der Waals surface area (Å²) in [7, 11) is 0. The van der Waals surface area contributed by atoms with Gasteiger partial charge in [-0.25, -0.2) is 4.90 Å². The highest BCUT2D eigenvalue weighted by Gasteiger charge is 2.43. The van der Waals surface area contributed by atoms with E-state index in [4.69, 9.17) is 11.6 Å². The molecule has 0 bridgehead atoms. The maximum Gasteiger partial charge on any atom is 0.292 e. The highest BCUT2D eigenvalue weighted by molar-refractivity contribution is 7.12. The van der Waals surface area contributed by atoms with Crippen molar-refractivity contribution in [2.45, 2.75) is 31.3 Å². The molecule has 0 spiro atoms. The van der Waals surface area contributed by atoms with Gasteiger partial charge in [0.1, 0.15) is 0 Å². The number of benzene rings is 1. The number of nitrogens with two attached hydrogens (primary N) is 1. The Labute approximate surface area is 172 Å². The number of hydrogen-bond donors (Lipinski definition) is 1. The van der Waals surface area contributed by atoms with Crippen LogP contribution in [0.4, 0.5) is 5.69 Å². The minimum atomic E-state index is -0.396. The van der Waals surface area contributed by atoms with E-state index in [1.54, 1.807) is 24.3 Å². The predicted molar refractivity (Wildman–Crippen MR) is 108 cm³/mol. The van der Waals surface area contributed by atoms with Gasteiger partial charge >= 0.3 is 0 Å². The summed E-state index contributed by atoms with van der Waals surface area (Å²) in [5, 5.41) is 4.49. The third kappa shape index (κ3) is 3.83. The fourth-order valence-electron chi connectivity index (χ4n) is 3.85. The second-order valence-electron chi connectivity index (χ2n) is 7.15. The van der Waals surface area contributed by atoms with Crippen LogP contribution in [-0.2, 0) is 9.59 Å². The molecule has 0 unspecified atom stereocenters. The lowest BCUT2D eigenvalue weighted by atomic mass is 10.0. The number of halogens is 1. The van der Waals surface area contributed by atoms with Crippen molar-refractivity contribution in [3.05, 3.63) is 51.7 Å². The van der Waals surface area contributed by atoms with E-state index in [9.17, 15) is 14.4 Å². The number of carbonyl (C=O) groups is 3. The minimum absolute atomic E-state index is 0.0782. The van der Waals surface area contributed by atoms with E-state index in [1.807, 2.05) is 27.7 Å². The lowest BCUT2D eigenvalue weighted by molar-refractivity contribution is -0.709. The van der Waals surface area contributed by atoms with Gasteiger partial charge in [-0.1, -0.05) is 17.7 Å². The molecule has 3 amide bonds. The molecule has 8 heteroatoms. The van der Waals surface area contributed by atoms with Gasteiger partial charge in [-0.05, 0) is 35.7 Å². The molecule has 28 heavy (non-hydrogen) atoms. The second kappa shape index (κ2) is 8.03. The van der Waals surface area contributed by atoms with Gasteiger partial charge in [-0.15, -0.1) is 11.3 Å². The van der Waals surface area contributed by atoms with Crippen LogP contribution in [0.25, 0.3) is 0 Å². The Hall–Kier alpha value is -2.22. The van der Waals surface area contributed by atoms with Crippen molar-refractivity contribution in [2.24, 2.45) is 0 Å². The van der Waals surface area contributed by atoms with Crippen LogP contribution in [0.3, 0.4) is 0 Å². The first kappa shape index (κ1) is 19.1. The highest BCUT2D eigenvalue weighted by atomic mass is 35.5. The highest BCUT2D eigenvalue weighted by Crippen LogP contribution is 2.24. The molecule has 2 N–H and O–H groups in total.